The van der Waals surface area contributed by atoms with Gasteiger partial charge in [0, 0.05) is 16.1 Å². The van der Waals surface area contributed by atoms with E-state index >= 15 is 0 Å². The third kappa shape index (κ3) is 4.00. The van der Waals surface area contributed by atoms with Gasteiger partial charge in [-0.1, -0.05) is 42.8 Å². The van der Waals surface area contributed by atoms with Crippen molar-refractivity contribution in [3.05, 3.63) is 65.3 Å². The van der Waals surface area contributed by atoms with Gasteiger partial charge in [0.05, 0.1) is 24.7 Å². The van der Waals surface area contributed by atoms with Crippen molar-refractivity contribution in [2.75, 3.05) is 12.3 Å². The molecule has 2 aromatic carbocycles. The molecule has 0 saturated heterocycles. The highest BCUT2D eigenvalue weighted by Crippen LogP contribution is 2.24. The molecule has 2 N–H and O–H groups in total. The number of nitrogen functional groups attached to an aromatic ring is 1. The van der Waals surface area contributed by atoms with Crippen LogP contribution in [0.15, 0.2) is 59.8 Å². The van der Waals surface area contributed by atoms with Gasteiger partial charge in [0.2, 0.25) is 5.95 Å². The largest absolute Gasteiger partial charge is 0.493 e. The Morgan fingerprint density at radius 1 is 1.20 bits per heavy atom. The number of hydrogen-bond donors (Lipinski definition) is 1. The maximum atomic E-state index is 5.97. The first-order valence-corrected chi connectivity index (χ1v) is 8.42. The normalized spacial score (nSPS) is 11.1. The summed E-state index contributed by atoms with van der Waals surface area (Å²) in [5, 5.41) is 5.17. The molecule has 0 fully saturated rings. The number of nitrogens with zero attached hydrogens (tertiary/aromatic N) is 3. The number of ether oxygens (including phenoxy) is 1. The standard InChI is InChI=1S/C19H19ClN4O/c1-2-11-25-18-6-4-3-5-15(18)12-23-24-17(13-22-19(24)21)14-7-9-16(20)10-8-14/h3-10,12-13H,2,11H2,1H3,(H2,21,22). The van der Waals surface area contributed by atoms with Crippen molar-refractivity contribution < 1.29 is 4.74 Å². The molecule has 6 heteroatoms. The van der Waals surface area contributed by atoms with Crippen LogP contribution in [0, 0.1) is 0 Å². The lowest BCUT2D eigenvalue weighted by molar-refractivity contribution is 0.317. The van der Waals surface area contributed by atoms with Gasteiger partial charge in [-0.2, -0.15) is 9.78 Å². The van der Waals surface area contributed by atoms with E-state index in [-0.39, 0.29) is 0 Å². The number of halogens is 1. The predicted molar refractivity (Wildman–Crippen MR) is 102 cm³/mol. The molecule has 128 valence electrons. The van der Waals surface area contributed by atoms with E-state index in [0.717, 1.165) is 29.0 Å². The number of benzene rings is 2. The van der Waals surface area contributed by atoms with Crippen LogP contribution in [0.3, 0.4) is 0 Å². The van der Waals surface area contributed by atoms with Gasteiger partial charge < -0.3 is 10.5 Å². The van der Waals surface area contributed by atoms with Gasteiger partial charge in [-0.3, -0.25) is 0 Å². The molecule has 0 aliphatic carbocycles. The summed E-state index contributed by atoms with van der Waals surface area (Å²) >= 11 is 5.95. The van der Waals surface area contributed by atoms with Crippen LogP contribution in [-0.4, -0.2) is 22.5 Å². The molecule has 0 spiro atoms. The van der Waals surface area contributed by atoms with Crippen LogP contribution in [0.1, 0.15) is 18.9 Å². The van der Waals surface area contributed by atoms with Crippen LogP contribution >= 0.6 is 11.6 Å². The second-order valence-corrected chi connectivity index (χ2v) is 5.89. The SMILES string of the molecule is CCCOc1ccccc1C=Nn1c(-c2ccc(Cl)cc2)cnc1N. The molecule has 3 rings (SSSR count). The summed E-state index contributed by atoms with van der Waals surface area (Å²) in [6, 6.07) is 15.2. The third-order valence-electron chi connectivity index (χ3n) is 3.60. The molecule has 1 heterocycles. The summed E-state index contributed by atoms with van der Waals surface area (Å²) < 4.78 is 7.35. The molecular formula is C19H19ClN4O. The molecule has 5 nitrogen and oxygen atoms in total. The molecule has 0 aliphatic heterocycles. The molecule has 0 amide bonds. The minimum atomic E-state index is 0.313. The van der Waals surface area contributed by atoms with E-state index < -0.39 is 0 Å². The van der Waals surface area contributed by atoms with Crippen LogP contribution in [0.4, 0.5) is 5.95 Å². The Morgan fingerprint density at radius 3 is 2.72 bits per heavy atom. The highest BCUT2D eigenvalue weighted by atomic mass is 35.5. The first-order valence-electron chi connectivity index (χ1n) is 8.04. The number of aromatic nitrogens is 2. The molecule has 0 unspecified atom stereocenters. The number of hydrogen-bond acceptors (Lipinski definition) is 4. The second-order valence-electron chi connectivity index (χ2n) is 5.45. The van der Waals surface area contributed by atoms with Gasteiger partial charge in [-0.05, 0) is 30.7 Å². The third-order valence-corrected chi connectivity index (χ3v) is 3.85. The fourth-order valence-electron chi connectivity index (χ4n) is 2.35. The van der Waals surface area contributed by atoms with Crippen molar-refractivity contribution in [2.45, 2.75) is 13.3 Å². The molecule has 1 aromatic heterocycles. The first kappa shape index (κ1) is 17.0. The van der Waals surface area contributed by atoms with E-state index in [1.807, 2.05) is 48.5 Å². The average Bonchev–Trinajstić information content (AvgIpc) is 3.00. The van der Waals surface area contributed by atoms with Crippen LogP contribution in [0.5, 0.6) is 5.75 Å². The van der Waals surface area contributed by atoms with E-state index in [0.29, 0.717) is 17.6 Å². The number of rotatable bonds is 6. The molecule has 0 saturated carbocycles. The maximum Gasteiger partial charge on any atom is 0.221 e. The lowest BCUT2D eigenvalue weighted by atomic mass is 10.2. The molecule has 0 radical (unpaired) electrons. The molecule has 25 heavy (non-hydrogen) atoms. The minimum Gasteiger partial charge on any atom is -0.493 e. The number of imidazole rings is 1. The zero-order chi connectivity index (χ0) is 17.6. The number of anilines is 1. The van der Waals surface area contributed by atoms with E-state index in [2.05, 4.69) is 17.0 Å². The minimum absolute atomic E-state index is 0.313. The number of nitrogens with two attached hydrogens (primary N) is 1. The average molecular weight is 355 g/mol. The molecule has 0 aliphatic rings. The van der Waals surface area contributed by atoms with Crippen LogP contribution < -0.4 is 10.5 Å². The fraction of sp³-hybridized carbons (Fsp3) is 0.158. The highest BCUT2D eigenvalue weighted by molar-refractivity contribution is 6.30. The lowest BCUT2D eigenvalue weighted by Gasteiger charge is -2.08. The van der Waals surface area contributed by atoms with Gasteiger partial charge >= 0.3 is 0 Å². The lowest BCUT2D eigenvalue weighted by Crippen LogP contribution is -2.02. The number of para-hydroxylation sites is 1. The summed E-state index contributed by atoms with van der Waals surface area (Å²) in [5.41, 5.74) is 8.57. The van der Waals surface area contributed by atoms with Crippen LogP contribution in [0.2, 0.25) is 5.02 Å². The molecule has 0 bridgehead atoms. The van der Waals surface area contributed by atoms with Gasteiger partial charge in [0.15, 0.2) is 0 Å². The topological polar surface area (TPSA) is 65.4 Å². The summed E-state index contributed by atoms with van der Waals surface area (Å²) in [4.78, 5) is 4.16. The zero-order valence-electron chi connectivity index (χ0n) is 13.9. The summed E-state index contributed by atoms with van der Waals surface area (Å²) in [6.45, 7) is 2.73. The van der Waals surface area contributed by atoms with E-state index in [4.69, 9.17) is 22.1 Å². The van der Waals surface area contributed by atoms with Crippen molar-refractivity contribution in [1.82, 2.24) is 9.66 Å². The second kappa shape index (κ2) is 7.85. The van der Waals surface area contributed by atoms with Crippen LogP contribution in [-0.2, 0) is 0 Å². The van der Waals surface area contributed by atoms with E-state index in [9.17, 15) is 0 Å². The van der Waals surface area contributed by atoms with Crippen molar-refractivity contribution in [2.24, 2.45) is 5.10 Å². The Kier molecular flexibility index (Phi) is 5.36. The zero-order valence-corrected chi connectivity index (χ0v) is 14.6. The van der Waals surface area contributed by atoms with Crippen molar-refractivity contribution in [1.29, 1.82) is 0 Å². The smallest absolute Gasteiger partial charge is 0.221 e. The van der Waals surface area contributed by atoms with Crippen molar-refractivity contribution >= 4 is 23.8 Å². The Hall–Kier alpha value is -2.79. The summed E-state index contributed by atoms with van der Waals surface area (Å²) in [6.07, 6.45) is 4.36. The summed E-state index contributed by atoms with van der Waals surface area (Å²) in [5.74, 6) is 1.10. The Bertz CT molecular complexity index is 871. The van der Waals surface area contributed by atoms with Crippen molar-refractivity contribution in [3.8, 4) is 17.0 Å². The van der Waals surface area contributed by atoms with Gasteiger partial charge in [-0.25, -0.2) is 4.98 Å². The van der Waals surface area contributed by atoms with Crippen molar-refractivity contribution in [3.63, 3.8) is 0 Å². The predicted octanol–water partition coefficient (Wildman–Crippen LogP) is 4.46. The molecular weight excluding hydrogens is 336 g/mol. The monoisotopic (exact) mass is 354 g/mol. The van der Waals surface area contributed by atoms with E-state index in [1.54, 1.807) is 17.1 Å². The van der Waals surface area contributed by atoms with Crippen LogP contribution in [0.25, 0.3) is 11.3 Å². The maximum absolute atomic E-state index is 5.97. The molecule has 3 aromatic rings. The quantitative estimate of drug-likeness (QED) is 0.665. The fourth-order valence-corrected chi connectivity index (χ4v) is 2.48. The Labute approximate surface area is 151 Å². The van der Waals surface area contributed by atoms with E-state index in [1.165, 1.54) is 0 Å². The Balaban J connectivity index is 1.92. The first-order chi connectivity index (χ1) is 12.2. The Morgan fingerprint density at radius 2 is 1.96 bits per heavy atom. The van der Waals surface area contributed by atoms with Gasteiger partial charge in [0.1, 0.15) is 5.75 Å². The highest BCUT2D eigenvalue weighted by Gasteiger charge is 2.09. The van der Waals surface area contributed by atoms with Gasteiger partial charge in [0.25, 0.3) is 0 Å². The van der Waals surface area contributed by atoms with Gasteiger partial charge in [-0.15, -0.1) is 0 Å². The molecule has 0 atom stereocenters. The summed E-state index contributed by atoms with van der Waals surface area (Å²) in [7, 11) is 0.